The van der Waals surface area contributed by atoms with Crippen LogP contribution >= 0.6 is 0 Å². The van der Waals surface area contributed by atoms with Crippen LogP contribution in [-0.4, -0.2) is 11.9 Å². The summed E-state index contributed by atoms with van der Waals surface area (Å²) in [4.78, 5) is 26.7. The van der Waals surface area contributed by atoms with Crippen molar-refractivity contribution in [2.24, 2.45) is 5.41 Å². The lowest BCUT2D eigenvalue weighted by Crippen LogP contribution is -2.26. The van der Waals surface area contributed by atoms with Crippen LogP contribution in [0.5, 0.6) is 11.5 Å². The fraction of sp³-hybridized carbons (Fsp3) is 0.235. The van der Waals surface area contributed by atoms with Gasteiger partial charge in [0.1, 0.15) is 0 Å². The van der Waals surface area contributed by atoms with Gasteiger partial charge in [0.05, 0.1) is 11.1 Å². The van der Waals surface area contributed by atoms with Crippen LogP contribution in [0.1, 0.15) is 67.3 Å². The SMILES string of the molecule is CC(C)(C)CC(C)(C)c1ccc(-c2ccccc2)c(OC(=O)c2ccccc2)c1OC(=O)c1ccccc1. The Hall–Kier alpha value is -4.18. The van der Waals surface area contributed by atoms with Crippen molar-refractivity contribution < 1.29 is 19.1 Å². The molecule has 0 unspecified atom stereocenters. The van der Waals surface area contributed by atoms with Gasteiger partial charge in [-0.3, -0.25) is 0 Å². The molecule has 0 fully saturated rings. The molecule has 0 aliphatic heterocycles. The minimum atomic E-state index is -0.523. The molecule has 4 heteroatoms. The van der Waals surface area contributed by atoms with Crippen molar-refractivity contribution in [1.82, 2.24) is 0 Å². The van der Waals surface area contributed by atoms with Crippen molar-refractivity contribution in [2.75, 3.05) is 0 Å². The summed E-state index contributed by atoms with van der Waals surface area (Å²) in [6, 6.07) is 31.2. The molecule has 0 saturated heterocycles. The van der Waals surface area contributed by atoms with Gasteiger partial charge in [-0.25, -0.2) is 9.59 Å². The number of hydrogen-bond acceptors (Lipinski definition) is 4. The van der Waals surface area contributed by atoms with Gasteiger partial charge in [0, 0.05) is 11.1 Å². The van der Waals surface area contributed by atoms with Crippen LogP contribution in [0.2, 0.25) is 0 Å². The third-order valence-electron chi connectivity index (χ3n) is 6.31. The molecule has 0 aromatic heterocycles. The van der Waals surface area contributed by atoms with Crippen molar-refractivity contribution in [3.8, 4) is 22.6 Å². The van der Waals surface area contributed by atoms with E-state index in [9.17, 15) is 9.59 Å². The molecule has 0 saturated carbocycles. The van der Waals surface area contributed by atoms with Crippen molar-refractivity contribution in [2.45, 2.75) is 46.5 Å². The van der Waals surface area contributed by atoms with Gasteiger partial charge >= 0.3 is 11.9 Å². The predicted octanol–water partition coefficient (Wildman–Crippen LogP) is 8.51. The molecule has 0 heterocycles. The summed E-state index contributed by atoms with van der Waals surface area (Å²) in [5.74, 6) is -0.543. The molecule has 194 valence electrons. The van der Waals surface area contributed by atoms with Crippen LogP contribution in [0.3, 0.4) is 0 Å². The minimum absolute atomic E-state index is 0.00316. The van der Waals surface area contributed by atoms with Crippen molar-refractivity contribution in [1.29, 1.82) is 0 Å². The van der Waals surface area contributed by atoms with E-state index < -0.39 is 17.4 Å². The highest BCUT2D eigenvalue weighted by Crippen LogP contribution is 2.48. The Bertz CT molecular complexity index is 1400. The van der Waals surface area contributed by atoms with Gasteiger partial charge < -0.3 is 9.47 Å². The van der Waals surface area contributed by atoms with E-state index in [4.69, 9.17) is 9.47 Å². The lowest BCUT2D eigenvalue weighted by molar-refractivity contribution is 0.0679. The van der Waals surface area contributed by atoms with Gasteiger partial charge in [-0.05, 0) is 47.1 Å². The molecule has 4 aromatic rings. The zero-order valence-corrected chi connectivity index (χ0v) is 22.7. The van der Waals surface area contributed by atoms with E-state index in [0.717, 1.165) is 17.5 Å². The highest BCUT2D eigenvalue weighted by molar-refractivity contribution is 5.95. The molecule has 0 radical (unpaired) electrons. The lowest BCUT2D eigenvalue weighted by atomic mass is 9.71. The van der Waals surface area contributed by atoms with Gasteiger partial charge in [-0.2, -0.15) is 0 Å². The second kappa shape index (κ2) is 11.1. The Kier molecular flexibility index (Phi) is 7.82. The van der Waals surface area contributed by atoms with Crippen LogP contribution in [-0.2, 0) is 5.41 Å². The summed E-state index contributed by atoms with van der Waals surface area (Å²) >= 11 is 0. The minimum Gasteiger partial charge on any atom is -0.419 e. The number of esters is 2. The fourth-order valence-corrected chi connectivity index (χ4v) is 5.02. The second-order valence-electron chi connectivity index (χ2n) is 11.3. The van der Waals surface area contributed by atoms with E-state index in [1.165, 1.54) is 0 Å². The first-order valence-corrected chi connectivity index (χ1v) is 12.8. The molecular weight excluding hydrogens is 472 g/mol. The number of hydrogen-bond donors (Lipinski definition) is 0. The van der Waals surface area contributed by atoms with Crippen molar-refractivity contribution in [3.63, 3.8) is 0 Å². The molecule has 0 bridgehead atoms. The number of carbonyl (C=O) groups excluding carboxylic acids is 2. The third-order valence-corrected chi connectivity index (χ3v) is 6.31. The van der Waals surface area contributed by atoms with Crippen LogP contribution in [0.15, 0.2) is 103 Å². The molecule has 0 spiro atoms. The molecule has 0 aliphatic carbocycles. The predicted molar refractivity (Wildman–Crippen MR) is 152 cm³/mol. The van der Waals surface area contributed by atoms with Crippen molar-refractivity contribution >= 4 is 11.9 Å². The van der Waals surface area contributed by atoms with E-state index >= 15 is 0 Å². The van der Waals surface area contributed by atoms with E-state index in [1.807, 2.05) is 54.6 Å². The first-order valence-electron chi connectivity index (χ1n) is 12.8. The van der Waals surface area contributed by atoms with Crippen LogP contribution < -0.4 is 9.47 Å². The molecule has 38 heavy (non-hydrogen) atoms. The van der Waals surface area contributed by atoms with E-state index in [1.54, 1.807) is 48.5 Å². The van der Waals surface area contributed by atoms with Crippen LogP contribution in [0.4, 0.5) is 0 Å². The van der Waals surface area contributed by atoms with Gasteiger partial charge in [0.2, 0.25) is 0 Å². The largest absolute Gasteiger partial charge is 0.419 e. The zero-order chi connectivity index (χ0) is 27.3. The summed E-state index contributed by atoms with van der Waals surface area (Å²) < 4.78 is 12.3. The van der Waals surface area contributed by atoms with Gasteiger partial charge in [0.15, 0.2) is 11.5 Å². The quantitative estimate of drug-likeness (QED) is 0.186. The Balaban J connectivity index is 1.93. The highest BCUT2D eigenvalue weighted by Gasteiger charge is 2.34. The third kappa shape index (κ3) is 6.38. The number of carbonyl (C=O) groups is 2. The zero-order valence-electron chi connectivity index (χ0n) is 22.7. The van der Waals surface area contributed by atoms with Crippen LogP contribution in [0.25, 0.3) is 11.1 Å². The van der Waals surface area contributed by atoms with Gasteiger partial charge in [0.25, 0.3) is 0 Å². The Morgan fingerprint density at radius 2 is 1.03 bits per heavy atom. The summed E-state index contributed by atoms with van der Waals surface area (Å²) in [5, 5.41) is 0. The first-order chi connectivity index (χ1) is 18.0. The van der Waals surface area contributed by atoms with E-state index in [2.05, 4.69) is 34.6 Å². The number of ether oxygens (including phenoxy) is 2. The Morgan fingerprint density at radius 1 is 0.579 bits per heavy atom. The summed E-state index contributed by atoms with van der Waals surface area (Å²) in [7, 11) is 0. The molecule has 0 aliphatic rings. The Morgan fingerprint density at radius 3 is 1.50 bits per heavy atom. The Labute approximate surface area is 225 Å². The van der Waals surface area contributed by atoms with Crippen molar-refractivity contribution in [3.05, 3.63) is 120 Å². The summed E-state index contributed by atoms with van der Waals surface area (Å²) in [6.45, 7) is 10.8. The summed E-state index contributed by atoms with van der Waals surface area (Å²) in [6.07, 6.45) is 0.812. The molecule has 0 N–H and O–H groups in total. The van der Waals surface area contributed by atoms with Gasteiger partial charge in [-0.15, -0.1) is 0 Å². The van der Waals surface area contributed by atoms with E-state index in [-0.39, 0.29) is 16.9 Å². The maximum atomic E-state index is 13.4. The topological polar surface area (TPSA) is 52.6 Å². The molecule has 4 rings (SSSR count). The molecule has 0 atom stereocenters. The molecular formula is C34H34O4. The monoisotopic (exact) mass is 506 g/mol. The average Bonchev–Trinajstić information content (AvgIpc) is 2.89. The van der Waals surface area contributed by atoms with Crippen LogP contribution in [0, 0.1) is 5.41 Å². The maximum Gasteiger partial charge on any atom is 0.343 e. The maximum absolute atomic E-state index is 13.4. The lowest BCUT2D eigenvalue weighted by Gasteiger charge is -2.34. The smallest absolute Gasteiger partial charge is 0.343 e. The molecule has 4 nitrogen and oxygen atoms in total. The molecule has 0 amide bonds. The fourth-order valence-electron chi connectivity index (χ4n) is 5.02. The second-order valence-corrected chi connectivity index (χ2v) is 11.3. The number of benzene rings is 4. The highest BCUT2D eigenvalue weighted by atomic mass is 16.6. The van der Waals surface area contributed by atoms with Gasteiger partial charge in [-0.1, -0.05) is 113 Å². The normalized spacial score (nSPS) is 11.6. The number of rotatable bonds is 7. The first kappa shape index (κ1) is 26.9. The standard InChI is InChI=1S/C34H34O4/c1-33(2,3)23-34(4,5)28-22-21-27(24-15-9-6-10-16-24)29(37-31(35)25-17-11-7-12-18-25)30(28)38-32(36)26-19-13-8-14-20-26/h6-22H,23H2,1-5H3. The average molecular weight is 507 g/mol. The summed E-state index contributed by atoms with van der Waals surface area (Å²) in [5.41, 5.74) is 2.74. The molecule has 4 aromatic carbocycles. The van der Waals surface area contributed by atoms with E-state index in [0.29, 0.717) is 16.7 Å².